The largest absolute Gasteiger partial charge is 0.417 e. The first-order valence-corrected chi connectivity index (χ1v) is 8.55. The fraction of sp³-hybridized carbons (Fsp3) is 0.143. The highest BCUT2D eigenvalue weighted by Crippen LogP contribution is 2.35. The Labute approximate surface area is 145 Å². The van der Waals surface area contributed by atoms with E-state index in [1.54, 1.807) is 0 Å². The Kier molecular flexibility index (Phi) is 5.44. The second kappa shape index (κ2) is 6.87. The molecule has 0 aliphatic carbocycles. The van der Waals surface area contributed by atoms with Gasteiger partial charge in [-0.05, 0) is 35.9 Å². The van der Waals surface area contributed by atoms with Crippen molar-refractivity contribution in [2.24, 2.45) is 0 Å². The zero-order chi connectivity index (χ0) is 18.1. The molecule has 0 radical (unpaired) electrons. The van der Waals surface area contributed by atoms with Crippen LogP contribution in [0.1, 0.15) is 11.1 Å². The van der Waals surface area contributed by atoms with Gasteiger partial charge in [0, 0.05) is 6.54 Å². The van der Waals surface area contributed by atoms with Gasteiger partial charge in [-0.25, -0.2) is 17.5 Å². The number of halogens is 6. The van der Waals surface area contributed by atoms with Crippen LogP contribution in [0.5, 0.6) is 0 Å². The van der Waals surface area contributed by atoms with Crippen LogP contribution in [0.2, 0.25) is 10.0 Å². The zero-order valence-corrected chi connectivity index (χ0v) is 14.0. The molecule has 0 spiro atoms. The first kappa shape index (κ1) is 19.0. The van der Waals surface area contributed by atoms with E-state index < -0.39 is 39.1 Å². The van der Waals surface area contributed by atoms with Gasteiger partial charge in [0.2, 0.25) is 10.0 Å². The zero-order valence-electron chi connectivity index (χ0n) is 11.7. The highest BCUT2D eigenvalue weighted by atomic mass is 35.5. The molecule has 1 N–H and O–H groups in total. The molecule has 0 unspecified atom stereocenters. The molecule has 0 amide bonds. The van der Waals surface area contributed by atoms with E-state index in [1.807, 2.05) is 0 Å². The van der Waals surface area contributed by atoms with Crippen molar-refractivity contribution in [1.82, 2.24) is 4.72 Å². The van der Waals surface area contributed by atoms with Crippen LogP contribution in [-0.2, 0) is 22.7 Å². The van der Waals surface area contributed by atoms with E-state index in [9.17, 15) is 26.0 Å². The van der Waals surface area contributed by atoms with E-state index in [2.05, 4.69) is 4.72 Å². The van der Waals surface area contributed by atoms with Crippen LogP contribution in [0.15, 0.2) is 41.3 Å². The van der Waals surface area contributed by atoms with Crippen molar-refractivity contribution in [2.45, 2.75) is 17.6 Å². The third-order valence-corrected chi connectivity index (χ3v) is 5.02. The van der Waals surface area contributed by atoms with Crippen molar-refractivity contribution in [2.75, 3.05) is 0 Å². The van der Waals surface area contributed by atoms with Crippen LogP contribution in [0.3, 0.4) is 0 Å². The maximum absolute atomic E-state index is 13.1. The monoisotopic (exact) mass is 401 g/mol. The molecule has 0 fully saturated rings. The summed E-state index contributed by atoms with van der Waals surface area (Å²) < 4.78 is 77.7. The number of hydrogen-bond donors (Lipinski definition) is 1. The van der Waals surface area contributed by atoms with Crippen molar-refractivity contribution in [3.05, 3.63) is 63.4 Å². The number of alkyl halides is 3. The van der Waals surface area contributed by atoms with Crippen LogP contribution >= 0.6 is 23.2 Å². The fourth-order valence-electron chi connectivity index (χ4n) is 1.81. The Morgan fingerprint density at radius 3 is 2.25 bits per heavy atom. The molecule has 0 aliphatic heterocycles. The van der Waals surface area contributed by atoms with Gasteiger partial charge in [0.05, 0.1) is 20.5 Å². The smallest absolute Gasteiger partial charge is 0.207 e. The summed E-state index contributed by atoms with van der Waals surface area (Å²) in [5.74, 6) is -0.789. The molecule has 0 aromatic heterocycles. The second-order valence-corrected chi connectivity index (χ2v) is 7.29. The molecule has 0 bridgehead atoms. The lowest BCUT2D eigenvalue weighted by Crippen LogP contribution is -2.23. The maximum atomic E-state index is 13.1. The van der Waals surface area contributed by atoms with Gasteiger partial charge in [0.1, 0.15) is 5.82 Å². The van der Waals surface area contributed by atoms with Crippen molar-refractivity contribution in [3.63, 3.8) is 0 Å². The fourth-order valence-corrected chi connectivity index (χ4v) is 3.32. The summed E-state index contributed by atoms with van der Waals surface area (Å²) in [7, 11) is -4.07. The highest BCUT2D eigenvalue weighted by molar-refractivity contribution is 7.89. The average Bonchev–Trinajstić information content (AvgIpc) is 2.48. The van der Waals surface area contributed by atoms with Crippen LogP contribution in [0.4, 0.5) is 17.6 Å². The molecule has 0 atom stereocenters. The summed E-state index contributed by atoms with van der Waals surface area (Å²) in [6.07, 6.45) is -4.66. The molecule has 0 saturated heterocycles. The van der Waals surface area contributed by atoms with Crippen molar-refractivity contribution >= 4 is 33.2 Å². The summed E-state index contributed by atoms with van der Waals surface area (Å²) >= 11 is 11.0. The molecule has 2 rings (SSSR count). The number of benzene rings is 2. The summed E-state index contributed by atoms with van der Waals surface area (Å²) in [4.78, 5) is -0.307. The molecule has 2 aromatic rings. The molecule has 0 aliphatic rings. The predicted octanol–water partition coefficient (Wildman–Crippen LogP) is 4.63. The van der Waals surface area contributed by atoms with Crippen LogP contribution in [-0.4, -0.2) is 8.42 Å². The molecule has 2 aromatic carbocycles. The van der Waals surface area contributed by atoms with Crippen LogP contribution in [0.25, 0.3) is 0 Å². The molecule has 0 saturated carbocycles. The maximum Gasteiger partial charge on any atom is 0.417 e. The predicted molar refractivity (Wildman–Crippen MR) is 81.9 cm³/mol. The Bertz CT molecular complexity index is 870. The van der Waals surface area contributed by atoms with Gasteiger partial charge >= 0.3 is 6.18 Å². The summed E-state index contributed by atoms with van der Waals surface area (Å²) in [6, 6.07) is 5.82. The Balaban J connectivity index is 2.22. The van der Waals surface area contributed by atoms with E-state index >= 15 is 0 Å². The lowest BCUT2D eigenvalue weighted by molar-refractivity contribution is -0.137. The Hall–Kier alpha value is -1.35. The van der Waals surface area contributed by atoms with E-state index in [-0.39, 0.29) is 15.5 Å². The van der Waals surface area contributed by atoms with Crippen LogP contribution < -0.4 is 4.72 Å². The quantitative estimate of drug-likeness (QED) is 0.759. The standard InChI is InChI=1S/C14H9Cl2F4NO2S/c15-11-3-1-8(5-10(11)14(18,19)20)7-21-24(22,23)9-2-4-13(17)12(16)6-9/h1-6,21H,7H2. The van der Waals surface area contributed by atoms with Gasteiger partial charge in [-0.15, -0.1) is 0 Å². The Morgan fingerprint density at radius 1 is 1.00 bits per heavy atom. The second-order valence-electron chi connectivity index (χ2n) is 4.71. The van der Waals surface area contributed by atoms with Crippen molar-refractivity contribution in [1.29, 1.82) is 0 Å². The third kappa shape index (κ3) is 4.38. The van der Waals surface area contributed by atoms with Crippen molar-refractivity contribution in [3.8, 4) is 0 Å². The Morgan fingerprint density at radius 2 is 1.67 bits per heavy atom. The third-order valence-electron chi connectivity index (χ3n) is 3.00. The normalized spacial score (nSPS) is 12.4. The number of hydrogen-bond acceptors (Lipinski definition) is 2. The first-order chi connectivity index (χ1) is 11.0. The SMILES string of the molecule is O=S(=O)(NCc1ccc(Cl)c(C(F)(F)F)c1)c1ccc(F)c(Cl)c1. The molecular formula is C14H9Cl2F4NO2S. The minimum Gasteiger partial charge on any atom is -0.207 e. The van der Waals surface area contributed by atoms with Gasteiger partial charge in [-0.3, -0.25) is 0 Å². The lowest BCUT2D eigenvalue weighted by atomic mass is 10.1. The molecule has 130 valence electrons. The summed E-state index contributed by atoms with van der Waals surface area (Å²) in [6.45, 7) is -0.405. The van der Waals surface area contributed by atoms with Gasteiger partial charge < -0.3 is 0 Å². The van der Waals surface area contributed by atoms with Crippen molar-refractivity contribution < 1.29 is 26.0 Å². The molecule has 3 nitrogen and oxygen atoms in total. The first-order valence-electron chi connectivity index (χ1n) is 6.31. The number of rotatable bonds is 4. The van der Waals surface area contributed by atoms with Gasteiger partial charge in [-0.2, -0.15) is 13.2 Å². The lowest BCUT2D eigenvalue weighted by Gasteiger charge is -2.12. The van der Waals surface area contributed by atoms with E-state index in [0.717, 1.165) is 30.3 Å². The number of nitrogens with one attached hydrogen (secondary N) is 1. The minimum absolute atomic E-state index is 0.0588. The van der Waals surface area contributed by atoms with E-state index in [1.165, 1.54) is 6.07 Å². The summed E-state index contributed by atoms with van der Waals surface area (Å²) in [5.41, 5.74) is -1.01. The topological polar surface area (TPSA) is 46.2 Å². The molecule has 0 heterocycles. The van der Waals surface area contributed by atoms with E-state index in [4.69, 9.17) is 23.2 Å². The van der Waals surface area contributed by atoms with Gasteiger partial charge in [0.25, 0.3) is 0 Å². The highest BCUT2D eigenvalue weighted by Gasteiger charge is 2.33. The van der Waals surface area contributed by atoms with Gasteiger partial charge in [0.15, 0.2) is 0 Å². The van der Waals surface area contributed by atoms with E-state index in [0.29, 0.717) is 0 Å². The molecular weight excluding hydrogens is 393 g/mol. The summed E-state index contributed by atoms with van der Waals surface area (Å²) in [5, 5.41) is -0.872. The number of sulfonamides is 1. The molecule has 10 heteroatoms. The molecule has 24 heavy (non-hydrogen) atoms. The van der Waals surface area contributed by atoms with Gasteiger partial charge in [-0.1, -0.05) is 29.3 Å². The minimum atomic E-state index is -4.66. The van der Waals surface area contributed by atoms with Crippen LogP contribution in [0, 0.1) is 5.82 Å². The average molecular weight is 402 g/mol.